The molecule has 0 aliphatic carbocycles. The van der Waals surface area contributed by atoms with Crippen molar-refractivity contribution in [3.63, 3.8) is 0 Å². The summed E-state index contributed by atoms with van der Waals surface area (Å²) < 4.78 is 47.4. The van der Waals surface area contributed by atoms with E-state index in [1.807, 2.05) is 0 Å². The molecule has 0 atom stereocenters. The van der Waals surface area contributed by atoms with E-state index in [1.54, 1.807) is 48.5 Å². The predicted molar refractivity (Wildman–Crippen MR) is 93.2 cm³/mol. The zero-order valence-corrected chi connectivity index (χ0v) is 14.2. The van der Waals surface area contributed by atoms with Crippen molar-refractivity contribution in [1.82, 2.24) is 9.78 Å². The van der Waals surface area contributed by atoms with Crippen LogP contribution < -0.4 is 10.1 Å². The zero-order valence-electron chi connectivity index (χ0n) is 14.2. The van der Waals surface area contributed by atoms with Crippen molar-refractivity contribution in [2.45, 2.75) is 6.18 Å². The number of anilines is 1. The lowest BCUT2D eigenvalue weighted by molar-refractivity contribution is -0.141. The molecule has 0 saturated heterocycles. The highest BCUT2D eigenvalue weighted by molar-refractivity contribution is 5.96. The van der Waals surface area contributed by atoms with Crippen LogP contribution in [0.3, 0.4) is 0 Å². The van der Waals surface area contributed by atoms with E-state index in [0.29, 0.717) is 28.3 Å². The van der Waals surface area contributed by atoms with Crippen LogP contribution in [-0.2, 0) is 18.0 Å². The number of carbonyl (C=O) groups excluding carboxylic acids is 1. The third-order valence-corrected chi connectivity index (χ3v) is 4.26. The molecule has 1 aromatic heterocycles. The van der Waals surface area contributed by atoms with Gasteiger partial charge < -0.3 is 10.1 Å². The molecule has 1 aliphatic heterocycles. The topological polar surface area (TPSA) is 56.2 Å². The predicted octanol–water partition coefficient (Wildman–Crippen LogP) is 4.10. The van der Waals surface area contributed by atoms with Gasteiger partial charge in [0.2, 0.25) is 0 Å². The highest BCUT2D eigenvalue weighted by atomic mass is 19.4. The van der Waals surface area contributed by atoms with E-state index < -0.39 is 11.9 Å². The summed E-state index contributed by atoms with van der Waals surface area (Å²) in [5, 5.41) is 6.40. The molecule has 3 aromatic rings. The summed E-state index contributed by atoms with van der Waals surface area (Å²) in [6.45, 7) is -0.0917. The lowest BCUT2D eigenvalue weighted by Gasteiger charge is -2.19. The number of fused-ring (bicyclic) bond motifs is 1. The molecule has 0 radical (unpaired) electrons. The number of ether oxygens (including phenoxy) is 1. The molecular weight excluding hydrogens is 359 g/mol. The van der Waals surface area contributed by atoms with Gasteiger partial charge in [-0.2, -0.15) is 18.3 Å². The number of halogens is 3. The van der Waals surface area contributed by atoms with Crippen molar-refractivity contribution in [3.05, 3.63) is 54.2 Å². The lowest BCUT2D eigenvalue weighted by Crippen LogP contribution is -2.25. The van der Waals surface area contributed by atoms with Crippen molar-refractivity contribution in [2.24, 2.45) is 7.05 Å². The third kappa shape index (κ3) is 3.03. The molecule has 4 rings (SSSR count). The van der Waals surface area contributed by atoms with E-state index in [4.69, 9.17) is 4.74 Å². The Kier molecular flexibility index (Phi) is 3.91. The fraction of sp³-hybridized carbons (Fsp3) is 0.158. The Hall–Kier alpha value is -3.29. The van der Waals surface area contributed by atoms with Crippen molar-refractivity contribution < 1.29 is 22.7 Å². The van der Waals surface area contributed by atoms with E-state index in [0.717, 1.165) is 0 Å². The molecule has 1 aliphatic rings. The summed E-state index contributed by atoms with van der Waals surface area (Å²) in [4.78, 5) is 11.6. The molecule has 0 unspecified atom stereocenters. The average molecular weight is 373 g/mol. The Morgan fingerprint density at radius 3 is 2.56 bits per heavy atom. The molecule has 0 saturated carbocycles. The van der Waals surface area contributed by atoms with Gasteiger partial charge in [0.05, 0.1) is 11.4 Å². The Balaban J connectivity index is 1.95. The van der Waals surface area contributed by atoms with Crippen LogP contribution in [0.15, 0.2) is 48.5 Å². The van der Waals surface area contributed by atoms with Gasteiger partial charge in [-0.15, -0.1) is 0 Å². The summed E-state index contributed by atoms with van der Waals surface area (Å²) in [5.74, 6) is 0.154. The molecule has 138 valence electrons. The smallest absolute Gasteiger partial charge is 0.435 e. The number of benzene rings is 2. The number of aryl methyl sites for hydroxylation is 1. The molecule has 8 heteroatoms. The highest BCUT2D eigenvalue weighted by Gasteiger charge is 2.39. The van der Waals surface area contributed by atoms with Crippen molar-refractivity contribution in [3.8, 4) is 28.1 Å². The van der Waals surface area contributed by atoms with E-state index in [9.17, 15) is 18.0 Å². The summed E-state index contributed by atoms with van der Waals surface area (Å²) in [5.41, 5.74) is 0.654. The van der Waals surface area contributed by atoms with Gasteiger partial charge in [-0.25, -0.2) is 0 Å². The number of rotatable bonds is 2. The van der Waals surface area contributed by atoms with Gasteiger partial charge in [-0.1, -0.05) is 30.3 Å². The minimum absolute atomic E-state index is 0.00592. The second-order valence-corrected chi connectivity index (χ2v) is 6.11. The number of aromatic nitrogens is 2. The van der Waals surface area contributed by atoms with Crippen LogP contribution >= 0.6 is 0 Å². The number of hydrogen-bond acceptors (Lipinski definition) is 3. The molecule has 0 fully saturated rings. The molecular formula is C19H14F3N3O2. The summed E-state index contributed by atoms with van der Waals surface area (Å²) in [7, 11) is 1.46. The third-order valence-electron chi connectivity index (χ3n) is 4.26. The molecule has 0 spiro atoms. The highest BCUT2D eigenvalue weighted by Crippen LogP contribution is 2.43. The Bertz CT molecular complexity index is 1030. The Labute approximate surface area is 152 Å². The number of nitrogens with one attached hydrogen (secondary N) is 1. The van der Waals surface area contributed by atoms with Gasteiger partial charge in [0.1, 0.15) is 5.75 Å². The first-order valence-corrected chi connectivity index (χ1v) is 8.11. The number of nitrogens with zero attached hydrogens (tertiary/aromatic N) is 2. The Morgan fingerprint density at radius 2 is 1.85 bits per heavy atom. The maximum Gasteiger partial charge on any atom is 0.435 e. The van der Waals surface area contributed by atoms with E-state index >= 15 is 0 Å². The minimum Gasteiger partial charge on any atom is -0.482 e. The lowest BCUT2D eigenvalue weighted by atomic mass is 9.98. The van der Waals surface area contributed by atoms with Crippen molar-refractivity contribution in [1.29, 1.82) is 0 Å². The first-order valence-electron chi connectivity index (χ1n) is 8.11. The van der Waals surface area contributed by atoms with Gasteiger partial charge in [0.15, 0.2) is 12.3 Å². The quantitative estimate of drug-likeness (QED) is 0.736. The fourth-order valence-corrected chi connectivity index (χ4v) is 3.16. The standard InChI is InChI=1S/C19H14F3N3O2/c1-25-17(12-7-8-14-13(9-12)23-15(26)10-27-14)16(11-5-3-2-4-6-11)18(24-25)19(20,21)22/h2-9H,10H2,1H3,(H,23,26). The number of alkyl halides is 3. The van der Waals surface area contributed by atoms with Crippen molar-refractivity contribution >= 4 is 11.6 Å². The first kappa shape index (κ1) is 17.1. The molecule has 1 N–H and O–H groups in total. The van der Waals surface area contributed by atoms with Crippen LogP contribution in [0.5, 0.6) is 5.75 Å². The van der Waals surface area contributed by atoms with Gasteiger partial charge in [0.25, 0.3) is 5.91 Å². The van der Waals surface area contributed by atoms with Crippen LogP contribution in [0, 0.1) is 0 Å². The van der Waals surface area contributed by atoms with Gasteiger partial charge >= 0.3 is 6.18 Å². The van der Waals surface area contributed by atoms with Gasteiger partial charge in [-0.3, -0.25) is 9.48 Å². The number of hydrogen-bond donors (Lipinski definition) is 1. The van der Waals surface area contributed by atoms with Crippen LogP contribution in [0.2, 0.25) is 0 Å². The first-order chi connectivity index (χ1) is 12.8. The molecule has 5 nitrogen and oxygen atoms in total. The zero-order chi connectivity index (χ0) is 19.2. The van der Waals surface area contributed by atoms with Crippen LogP contribution in [0.25, 0.3) is 22.4 Å². The molecule has 27 heavy (non-hydrogen) atoms. The van der Waals surface area contributed by atoms with E-state index in [2.05, 4.69) is 10.4 Å². The van der Waals surface area contributed by atoms with E-state index in [-0.39, 0.29) is 18.1 Å². The molecule has 1 amide bonds. The maximum absolute atomic E-state index is 13.6. The largest absolute Gasteiger partial charge is 0.482 e. The maximum atomic E-state index is 13.6. The number of carbonyl (C=O) groups is 1. The molecule has 2 heterocycles. The van der Waals surface area contributed by atoms with Crippen LogP contribution in [0.4, 0.5) is 18.9 Å². The average Bonchev–Trinajstić information content (AvgIpc) is 2.99. The van der Waals surface area contributed by atoms with Crippen LogP contribution in [-0.4, -0.2) is 22.3 Å². The normalized spacial score (nSPS) is 13.7. The minimum atomic E-state index is -4.60. The SMILES string of the molecule is Cn1nc(C(F)(F)F)c(-c2ccccc2)c1-c1ccc2c(c1)NC(=O)CO2. The van der Waals surface area contributed by atoms with Crippen molar-refractivity contribution in [2.75, 3.05) is 11.9 Å². The van der Waals surface area contributed by atoms with E-state index in [1.165, 1.54) is 11.7 Å². The monoisotopic (exact) mass is 373 g/mol. The fourth-order valence-electron chi connectivity index (χ4n) is 3.16. The second-order valence-electron chi connectivity index (χ2n) is 6.11. The second kappa shape index (κ2) is 6.15. The molecule has 0 bridgehead atoms. The summed E-state index contributed by atoms with van der Waals surface area (Å²) in [6.07, 6.45) is -4.60. The van der Waals surface area contributed by atoms with Crippen LogP contribution in [0.1, 0.15) is 5.69 Å². The molecule has 2 aromatic carbocycles. The Morgan fingerprint density at radius 1 is 1.11 bits per heavy atom. The van der Waals surface area contributed by atoms with Gasteiger partial charge in [-0.05, 0) is 23.8 Å². The summed E-state index contributed by atoms with van der Waals surface area (Å²) >= 11 is 0. The van der Waals surface area contributed by atoms with Gasteiger partial charge in [0, 0.05) is 18.2 Å². The number of amides is 1. The summed E-state index contributed by atoms with van der Waals surface area (Å²) in [6, 6.07) is 13.2.